The fraction of sp³-hybridized carbons (Fsp3) is 0.167. The summed E-state index contributed by atoms with van der Waals surface area (Å²) >= 11 is 0. The van der Waals surface area contributed by atoms with Crippen molar-refractivity contribution in [3.8, 4) is 0 Å². The summed E-state index contributed by atoms with van der Waals surface area (Å²) < 4.78 is 0. The van der Waals surface area contributed by atoms with E-state index >= 15 is 0 Å². The minimum absolute atomic E-state index is 1.10. The van der Waals surface area contributed by atoms with E-state index in [9.17, 15) is 0 Å². The molecule has 2 rings (SSSR count). The topological polar surface area (TPSA) is 0 Å². The molecule has 0 atom stereocenters. The monoisotopic (exact) mass is 156 g/mol. The first kappa shape index (κ1) is 7.35. The normalized spacial score (nSPS) is 20.6. The Balaban J connectivity index is 2.01. The second-order valence-electron chi connectivity index (χ2n) is 3.07. The lowest BCUT2D eigenvalue weighted by Gasteiger charge is -2.13. The first-order chi connectivity index (χ1) is 5.90. The van der Waals surface area contributed by atoms with Crippen LogP contribution in [0.15, 0.2) is 59.3 Å². The Labute approximate surface area is 73.3 Å². The maximum absolute atomic E-state index is 2.23. The molecular weight excluding hydrogens is 144 g/mol. The summed E-state index contributed by atoms with van der Waals surface area (Å²) in [5.74, 6) is 0. The maximum atomic E-state index is 2.23. The lowest BCUT2D eigenvalue weighted by molar-refractivity contribution is 1.25. The minimum atomic E-state index is 1.10. The van der Waals surface area contributed by atoms with Crippen LogP contribution in [0, 0.1) is 0 Å². The average Bonchev–Trinajstić information content (AvgIpc) is 2.47. The summed E-state index contributed by atoms with van der Waals surface area (Å²) in [4.78, 5) is 0. The lowest BCUT2D eigenvalue weighted by atomic mass is 9.92. The summed E-state index contributed by atoms with van der Waals surface area (Å²) in [7, 11) is 0. The highest BCUT2D eigenvalue weighted by Gasteiger charge is 2.10. The Bertz CT molecular complexity index is 333. The fourth-order valence-electron chi connectivity index (χ4n) is 1.48. The number of hydrogen-bond donors (Lipinski definition) is 0. The first-order valence-corrected chi connectivity index (χ1v) is 4.32. The molecule has 0 bridgehead atoms. The van der Waals surface area contributed by atoms with Crippen molar-refractivity contribution in [2.24, 2.45) is 0 Å². The van der Waals surface area contributed by atoms with Crippen molar-refractivity contribution >= 4 is 0 Å². The van der Waals surface area contributed by atoms with Crippen LogP contribution >= 0.6 is 0 Å². The second-order valence-corrected chi connectivity index (χ2v) is 3.07. The van der Waals surface area contributed by atoms with Gasteiger partial charge in [0.25, 0.3) is 0 Å². The molecule has 0 aliphatic heterocycles. The minimum Gasteiger partial charge on any atom is -0.0871 e. The van der Waals surface area contributed by atoms with Gasteiger partial charge in [0.1, 0.15) is 0 Å². The van der Waals surface area contributed by atoms with Crippen LogP contribution in [0.1, 0.15) is 13.3 Å². The SMILES string of the molecule is C/C=C\C1=CC(C2=CC=CC2)=C1. The van der Waals surface area contributed by atoms with E-state index in [1.165, 1.54) is 16.7 Å². The summed E-state index contributed by atoms with van der Waals surface area (Å²) in [6.45, 7) is 2.04. The quantitative estimate of drug-likeness (QED) is 0.575. The van der Waals surface area contributed by atoms with Gasteiger partial charge in [-0.3, -0.25) is 0 Å². The van der Waals surface area contributed by atoms with Gasteiger partial charge in [0.05, 0.1) is 0 Å². The summed E-state index contributed by atoms with van der Waals surface area (Å²) in [6.07, 6.45) is 16.3. The highest BCUT2D eigenvalue weighted by atomic mass is 14.1. The van der Waals surface area contributed by atoms with Crippen molar-refractivity contribution in [1.82, 2.24) is 0 Å². The van der Waals surface area contributed by atoms with E-state index in [0.717, 1.165) is 6.42 Å². The van der Waals surface area contributed by atoms with Crippen LogP contribution in [-0.2, 0) is 0 Å². The highest BCUT2D eigenvalue weighted by Crippen LogP contribution is 2.29. The molecule has 0 aromatic heterocycles. The van der Waals surface area contributed by atoms with E-state index in [0.29, 0.717) is 0 Å². The van der Waals surface area contributed by atoms with Gasteiger partial charge in [-0.2, -0.15) is 0 Å². The lowest BCUT2D eigenvalue weighted by Crippen LogP contribution is -1.94. The smallest absolute Gasteiger partial charge is 0.00884 e. The molecule has 0 nitrogen and oxygen atoms in total. The van der Waals surface area contributed by atoms with Gasteiger partial charge in [-0.15, -0.1) is 0 Å². The molecule has 60 valence electrons. The molecule has 0 aromatic carbocycles. The zero-order chi connectivity index (χ0) is 8.39. The van der Waals surface area contributed by atoms with Crippen molar-refractivity contribution in [2.75, 3.05) is 0 Å². The van der Waals surface area contributed by atoms with Crippen LogP contribution in [0.5, 0.6) is 0 Å². The molecule has 12 heavy (non-hydrogen) atoms. The first-order valence-electron chi connectivity index (χ1n) is 4.32. The predicted molar refractivity (Wildman–Crippen MR) is 52.8 cm³/mol. The van der Waals surface area contributed by atoms with E-state index in [2.05, 4.69) is 42.5 Å². The van der Waals surface area contributed by atoms with Crippen LogP contribution in [0.4, 0.5) is 0 Å². The molecule has 0 N–H and O–H groups in total. The van der Waals surface area contributed by atoms with Gasteiger partial charge in [0, 0.05) is 0 Å². The molecule has 0 amide bonds. The Morgan fingerprint density at radius 3 is 2.75 bits per heavy atom. The Morgan fingerprint density at radius 1 is 1.33 bits per heavy atom. The van der Waals surface area contributed by atoms with Gasteiger partial charge in [-0.1, -0.05) is 30.4 Å². The van der Waals surface area contributed by atoms with E-state index in [4.69, 9.17) is 0 Å². The van der Waals surface area contributed by atoms with Gasteiger partial charge in [0.15, 0.2) is 0 Å². The van der Waals surface area contributed by atoms with E-state index in [1.807, 2.05) is 6.92 Å². The van der Waals surface area contributed by atoms with E-state index < -0.39 is 0 Å². The molecule has 0 unspecified atom stereocenters. The van der Waals surface area contributed by atoms with Gasteiger partial charge >= 0.3 is 0 Å². The second kappa shape index (κ2) is 2.98. The largest absolute Gasteiger partial charge is 0.0871 e. The molecule has 0 fully saturated rings. The molecule has 2 aliphatic carbocycles. The summed E-state index contributed by atoms with van der Waals surface area (Å²) in [6, 6.07) is 0. The average molecular weight is 156 g/mol. The summed E-state index contributed by atoms with van der Waals surface area (Å²) in [5, 5.41) is 0. The fourth-order valence-corrected chi connectivity index (χ4v) is 1.48. The standard InChI is InChI=1S/C12H12/c1-2-5-10-8-12(9-10)11-6-3-4-7-11/h2-6,8-9H,7H2,1H3/b5-2-. The molecule has 0 spiro atoms. The maximum Gasteiger partial charge on any atom is -0.00884 e. The third-order valence-corrected chi connectivity index (χ3v) is 2.15. The van der Waals surface area contributed by atoms with Crippen LogP contribution in [0.2, 0.25) is 0 Å². The van der Waals surface area contributed by atoms with Gasteiger partial charge in [-0.25, -0.2) is 0 Å². The van der Waals surface area contributed by atoms with Crippen molar-refractivity contribution < 1.29 is 0 Å². The molecule has 0 aromatic rings. The molecule has 0 heteroatoms. The predicted octanol–water partition coefficient (Wildman–Crippen LogP) is 3.32. The zero-order valence-corrected chi connectivity index (χ0v) is 7.25. The van der Waals surface area contributed by atoms with E-state index in [1.54, 1.807) is 0 Å². The van der Waals surface area contributed by atoms with Crippen molar-refractivity contribution in [1.29, 1.82) is 0 Å². The van der Waals surface area contributed by atoms with Crippen molar-refractivity contribution in [3.05, 3.63) is 59.3 Å². The number of hydrogen-bond acceptors (Lipinski definition) is 0. The van der Waals surface area contributed by atoms with Crippen LogP contribution < -0.4 is 0 Å². The Hall–Kier alpha value is -1.30. The van der Waals surface area contributed by atoms with Crippen LogP contribution in [0.3, 0.4) is 0 Å². The molecule has 0 heterocycles. The van der Waals surface area contributed by atoms with Gasteiger partial charge in [-0.05, 0) is 42.2 Å². The third-order valence-electron chi connectivity index (χ3n) is 2.15. The van der Waals surface area contributed by atoms with Crippen LogP contribution in [0.25, 0.3) is 0 Å². The molecule has 0 saturated carbocycles. The van der Waals surface area contributed by atoms with E-state index in [-0.39, 0.29) is 0 Å². The third kappa shape index (κ3) is 1.20. The summed E-state index contributed by atoms with van der Waals surface area (Å²) in [5.41, 5.74) is 4.18. The highest BCUT2D eigenvalue weighted by molar-refractivity contribution is 5.60. The Kier molecular flexibility index (Phi) is 1.83. The van der Waals surface area contributed by atoms with Crippen molar-refractivity contribution in [3.63, 3.8) is 0 Å². The zero-order valence-electron chi connectivity index (χ0n) is 7.25. The van der Waals surface area contributed by atoms with Gasteiger partial charge in [0.2, 0.25) is 0 Å². The number of allylic oxidation sites excluding steroid dienone is 10. The molecular formula is C12H12. The van der Waals surface area contributed by atoms with Gasteiger partial charge < -0.3 is 0 Å². The number of rotatable bonds is 2. The van der Waals surface area contributed by atoms with Crippen LogP contribution in [-0.4, -0.2) is 0 Å². The molecule has 0 radical (unpaired) electrons. The molecule has 0 saturated heterocycles. The van der Waals surface area contributed by atoms with Crippen molar-refractivity contribution in [2.45, 2.75) is 13.3 Å². The molecule has 2 aliphatic rings. The Morgan fingerprint density at radius 2 is 2.17 bits per heavy atom.